The van der Waals surface area contributed by atoms with Crippen LogP contribution in [-0.2, 0) is 20.9 Å². The molecule has 8 nitrogen and oxygen atoms in total. The van der Waals surface area contributed by atoms with Crippen molar-refractivity contribution in [1.82, 2.24) is 25.1 Å². The summed E-state index contributed by atoms with van der Waals surface area (Å²) in [5.41, 5.74) is 5.56. The molecule has 1 N–H and O–H groups in total. The van der Waals surface area contributed by atoms with Crippen LogP contribution in [0.3, 0.4) is 0 Å². The maximum atomic E-state index is 13.0. The Hall–Kier alpha value is -4.24. The fraction of sp³-hybridized carbons (Fsp3) is 0.233. The summed E-state index contributed by atoms with van der Waals surface area (Å²) >= 11 is 1.21. The molecule has 2 heterocycles. The summed E-state index contributed by atoms with van der Waals surface area (Å²) in [7, 11) is 0. The van der Waals surface area contributed by atoms with Gasteiger partial charge in [-0.25, -0.2) is 4.98 Å². The Kier molecular flexibility index (Phi) is 8.17. The monoisotopic (exact) mass is 539 g/mol. The van der Waals surface area contributed by atoms with Crippen molar-refractivity contribution in [3.8, 4) is 0 Å². The molecule has 198 valence electrons. The molecule has 0 aliphatic rings. The number of nitrogens with zero attached hydrogens (tertiary/aromatic N) is 4. The van der Waals surface area contributed by atoms with Gasteiger partial charge in [-0.15, -0.1) is 10.2 Å². The van der Waals surface area contributed by atoms with Gasteiger partial charge in [-0.2, -0.15) is 0 Å². The number of carbonyl (C=O) groups excluding carboxylic acids is 2. The van der Waals surface area contributed by atoms with Crippen LogP contribution in [0.2, 0.25) is 0 Å². The van der Waals surface area contributed by atoms with Crippen molar-refractivity contribution in [2.24, 2.45) is 0 Å². The topological polar surface area (TPSA) is 99.0 Å². The number of carbonyl (C=O) groups is 2. The minimum absolute atomic E-state index is 0.0525. The van der Waals surface area contributed by atoms with Crippen molar-refractivity contribution in [3.63, 3.8) is 0 Å². The highest BCUT2D eigenvalue weighted by molar-refractivity contribution is 7.99. The van der Waals surface area contributed by atoms with E-state index in [0.29, 0.717) is 11.7 Å². The van der Waals surface area contributed by atoms with Crippen molar-refractivity contribution in [2.75, 3.05) is 12.4 Å². The first-order valence-electron chi connectivity index (χ1n) is 12.8. The van der Waals surface area contributed by atoms with Gasteiger partial charge in [0.1, 0.15) is 5.52 Å². The molecule has 0 radical (unpaired) electrons. The summed E-state index contributed by atoms with van der Waals surface area (Å²) in [6.45, 7) is 4.68. The summed E-state index contributed by atoms with van der Waals surface area (Å²) in [6, 6.07) is 25.5. The van der Waals surface area contributed by atoms with Crippen LogP contribution < -0.4 is 5.32 Å². The number of amides is 1. The zero-order chi connectivity index (χ0) is 27.2. The van der Waals surface area contributed by atoms with Gasteiger partial charge in [0, 0.05) is 11.9 Å². The van der Waals surface area contributed by atoms with Gasteiger partial charge >= 0.3 is 5.97 Å². The number of nitrogens with one attached hydrogen (secondary N) is 1. The number of rotatable bonds is 10. The summed E-state index contributed by atoms with van der Waals surface area (Å²) < 4.78 is 7.25. The molecule has 39 heavy (non-hydrogen) atoms. The van der Waals surface area contributed by atoms with Gasteiger partial charge in [0.2, 0.25) is 11.1 Å². The van der Waals surface area contributed by atoms with Gasteiger partial charge in [-0.3, -0.25) is 9.59 Å². The van der Waals surface area contributed by atoms with Crippen LogP contribution in [0.4, 0.5) is 0 Å². The number of hydrogen-bond acceptors (Lipinski definition) is 7. The van der Waals surface area contributed by atoms with Gasteiger partial charge in [0.05, 0.1) is 30.3 Å². The van der Waals surface area contributed by atoms with Crippen molar-refractivity contribution in [2.45, 2.75) is 38.0 Å². The molecule has 0 saturated heterocycles. The Bertz CT molecular complexity index is 1600. The van der Waals surface area contributed by atoms with Crippen molar-refractivity contribution < 1.29 is 14.3 Å². The van der Waals surface area contributed by atoms with E-state index in [2.05, 4.69) is 38.3 Å². The van der Waals surface area contributed by atoms with Crippen LogP contribution in [0, 0.1) is 6.92 Å². The zero-order valence-electron chi connectivity index (χ0n) is 21.8. The third kappa shape index (κ3) is 6.26. The Morgan fingerprint density at radius 3 is 2.49 bits per heavy atom. The molecule has 5 rings (SSSR count). The average Bonchev–Trinajstić information content (AvgIpc) is 3.25. The Labute approximate surface area is 230 Å². The molecular formula is C30H29N5O3S. The van der Waals surface area contributed by atoms with Gasteiger partial charge in [-0.05, 0) is 31.0 Å². The molecule has 5 aromatic rings. The largest absolute Gasteiger partial charge is 0.466 e. The molecule has 0 spiro atoms. The third-order valence-corrected chi connectivity index (χ3v) is 7.20. The van der Waals surface area contributed by atoms with Crippen molar-refractivity contribution >= 4 is 45.7 Å². The van der Waals surface area contributed by atoms with E-state index in [-0.39, 0.29) is 30.7 Å². The van der Waals surface area contributed by atoms with Crippen LogP contribution in [0.1, 0.15) is 36.1 Å². The van der Waals surface area contributed by atoms with E-state index in [0.717, 1.165) is 38.8 Å². The smallest absolute Gasteiger partial charge is 0.308 e. The highest BCUT2D eigenvalue weighted by Gasteiger charge is 2.20. The molecule has 3 aromatic carbocycles. The third-order valence-electron chi connectivity index (χ3n) is 6.36. The van der Waals surface area contributed by atoms with Crippen LogP contribution in [0.5, 0.6) is 0 Å². The van der Waals surface area contributed by atoms with Gasteiger partial charge < -0.3 is 14.6 Å². The summed E-state index contributed by atoms with van der Waals surface area (Å²) in [6.07, 6.45) is 0.0525. The van der Waals surface area contributed by atoms with Crippen LogP contribution in [0.25, 0.3) is 22.1 Å². The van der Waals surface area contributed by atoms with Gasteiger partial charge in [0.25, 0.3) is 0 Å². The summed E-state index contributed by atoms with van der Waals surface area (Å²) in [4.78, 5) is 30.0. The fourth-order valence-corrected chi connectivity index (χ4v) is 5.07. The van der Waals surface area contributed by atoms with E-state index in [9.17, 15) is 9.59 Å². The molecule has 1 unspecified atom stereocenters. The molecule has 9 heteroatoms. The normalized spacial score (nSPS) is 11.9. The minimum Gasteiger partial charge on any atom is -0.466 e. The van der Waals surface area contributed by atoms with Crippen LogP contribution in [-0.4, -0.2) is 44.0 Å². The van der Waals surface area contributed by atoms with Gasteiger partial charge in [0.15, 0.2) is 5.65 Å². The second-order valence-electron chi connectivity index (χ2n) is 9.18. The Morgan fingerprint density at radius 2 is 1.72 bits per heavy atom. The molecule has 2 aromatic heterocycles. The summed E-state index contributed by atoms with van der Waals surface area (Å²) in [5, 5.41) is 13.1. The van der Waals surface area contributed by atoms with Crippen LogP contribution >= 0.6 is 11.8 Å². The van der Waals surface area contributed by atoms with Crippen molar-refractivity contribution in [3.05, 3.63) is 95.6 Å². The number of benzene rings is 3. The molecule has 1 atom stereocenters. The highest BCUT2D eigenvalue weighted by atomic mass is 32.2. The first-order valence-corrected chi connectivity index (χ1v) is 13.8. The molecule has 0 aliphatic carbocycles. The van der Waals surface area contributed by atoms with E-state index in [4.69, 9.17) is 9.72 Å². The zero-order valence-corrected chi connectivity index (χ0v) is 22.6. The first kappa shape index (κ1) is 26.4. The second kappa shape index (κ2) is 12.1. The number of aryl methyl sites for hydroxylation is 1. The van der Waals surface area contributed by atoms with E-state index < -0.39 is 6.04 Å². The lowest BCUT2D eigenvalue weighted by Gasteiger charge is -2.18. The second-order valence-corrected chi connectivity index (χ2v) is 10.1. The number of thioether (sulfide) groups is 1. The standard InChI is InChI=1S/C30H29N5O3S/c1-3-38-27(37)17-24(22-15-13-20(2)14-16-22)31-26(36)19-39-30-32-29-28(33-34-30)23-11-7-8-12-25(23)35(29)18-21-9-5-4-6-10-21/h4-16,24H,3,17-19H2,1-2H3,(H,31,36). The molecule has 0 saturated carbocycles. The number of para-hydroxylation sites is 1. The fourth-order valence-electron chi connectivity index (χ4n) is 4.48. The van der Waals surface area contributed by atoms with E-state index in [1.807, 2.05) is 67.6 Å². The number of aromatic nitrogens is 4. The number of hydrogen-bond donors (Lipinski definition) is 1. The Balaban J connectivity index is 1.35. The molecule has 0 aliphatic heterocycles. The van der Waals surface area contributed by atoms with Gasteiger partial charge in [-0.1, -0.05) is 90.1 Å². The lowest BCUT2D eigenvalue weighted by molar-refractivity contribution is -0.143. The predicted octanol–water partition coefficient (Wildman–Crippen LogP) is 5.24. The van der Waals surface area contributed by atoms with E-state index >= 15 is 0 Å². The first-order chi connectivity index (χ1) is 19.0. The number of fused-ring (bicyclic) bond motifs is 3. The molecule has 1 amide bonds. The SMILES string of the molecule is CCOC(=O)CC(NC(=O)CSc1nnc2c3ccccc3n(Cc3ccccc3)c2n1)c1ccc(C)cc1. The quantitative estimate of drug-likeness (QED) is 0.191. The summed E-state index contributed by atoms with van der Waals surface area (Å²) in [5.74, 6) is -0.513. The molecule has 0 bridgehead atoms. The maximum Gasteiger partial charge on any atom is 0.308 e. The van der Waals surface area contributed by atoms with Crippen LogP contribution in [0.15, 0.2) is 84.0 Å². The highest BCUT2D eigenvalue weighted by Crippen LogP contribution is 2.28. The number of esters is 1. The van der Waals surface area contributed by atoms with Crippen molar-refractivity contribution in [1.29, 1.82) is 0 Å². The predicted molar refractivity (Wildman–Crippen MR) is 152 cm³/mol. The average molecular weight is 540 g/mol. The lowest BCUT2D eigenvalue weighted by atomic mass is 10.0. The lowest BCUT2D eigenvalue weighted by Crippen LogP contribution is -2.32. The molecule has 0 fully saturated rings. The van der Waals surface area contributed by atoms with E-state index in [1.54, 1.807) is 6.92 Å². The Morgan fingerprint density at radius 1 is 0.974 bits per heavy atom. The molecular weight excluding hydrogens is 510 g/mol. The minimum atomic E-state index is -0.493. The number of ether oxygens (including phenoxy) is 1. The maximum absolute atomic E-state index is 13.0. The van der Waals surface area contributed by atoms with E-state index in [1.165, 1.54) is 11.8 Å².